The maximum absolute atomic E-state index is 1.58. The number of hydrogen-bond acceptors (Lipinski definition) is 0. The highest BCUT2D eigenvalue weighted by atomic mass is 127. The molecule has 0 saturated carbocycles. The normalized spacial score (nSPS) is 21.8. The summed E-state index contributed by atoms with van der Waals surface area (Å²) >= 11 is 0. The molecule has 2 fully saturated rings. The fraction of sp³-hybridized carbons (Fsp3) is 1.00. The average molecular weight is 486 g/mol. The van der Waals surface area contributed by atoms with Gasteiger partial charge in [0.05, 0.1) is 0 Å². The van der Waals surface area contributed by atoms with Gasteiger partial charge in [0.25, 0.3) is 0 Å². The highest BCUT2D eigenvalue weighted by Gasteiger charge is 2.25. The molecule has 0 aliphatic carbocycles. The van der Waals surface area contributed by atoms with E-state index in [1.807, 2.05) is 0 Å². The van der Waals surface area contributed by atoms with Crippen LogP contribution in [-0.2, 0) is 21.8 Å². The lowest BCUT2D eigenvalue weighted by molar-refractivity contribution is -0.001000. The van der Waals surface area contributed by atoms with Gasteiger partial charge in [0.1, 0.15) is 34.5 Å². The first kappa shape index (κ1) is 18.2. The van der Waals surface area contributed by atoms with Crippen LogP contribution in [0.3, 0.4) is 0 Å². The van der Waals surface area contributed by atoms with E-state index in [0.717, 1.165) is 21.8 Å². The van der Waals surface area contributed by atoms with Crippen molar-refractivity contribution in [3.05, 3.63) is 0 Å². The molecule has 0 spiro atoms. The highest BCUT2D eigenvalue weighted by molar-refractivity contribution is 7.97. The summed E-state index contributed by atoms with van der Waals surface area (Å²) in [6.07, 6.45) is 9.24. The first-order valence-corrected chi connectivity index (χ1v) is 9.70. The molecule has 2 rings (SSSR count). The lowest BCUT2D eigenvalue weighted by Gasteiger charge is -2.01. The van der Waals surface area contributed by atoms with Crippen LogP contribution in [0.4, 0.5) is 0 Å². The molecule has 2 aliphatic heterocycles. The van der Waals surface area contributed by atoms with Crippen molar-refractivity contribution >= 4 is 21.8 Å². The third-order valence-electron chi connectivity index (χ3n) is 3.35. The second-order valence-electron chi connectivity index (χ2n) is 4.57. The van der Waals surface area contributed by atoms with Gasteiger partial charge in [0.15, 0.2) is 0 Å². The SMILES string of the molecule is C1CC[S+](CCCC[S+]2CCCC2)C1.[I-].[I-]. The van der Waals surface area contributed by atoms with Crippen LogP contribution < -0.4 is 48.0 Å². The molecular weight excluding hydrogens is 462 g/mol. The molecule has 0 nitrogen and oxygen atoms in total. The number of rotatable bonds is 5. The largest absolute Gasteiger partial charge is 1.00 e. The molecule has 16 heavy (non-hydrogen) atoms. The van der Waals surface area contributed by atoms with Gasteiger partial charge in [-0.1, -0.05) is 0 Å². The van der Waals surface area contributed by atoms with Gasteiger partial charge in [0, 0.05) is 0 Å². The lowest BCUT2D eigenvalue weighted by atomic mass is 10.4. The number of halogens is 2. The molecule has 0 radical (unpaired) electrons. The van der Waals surface area contributed by atoms with Crippen LogP contribution in [0.25, 0.3) is 0 Å². The second-order valence-corrected chi connectivity index (χ2v) is 9.47. The van der Waals surface area contributed by atoms with Crippen molar-refractivity contribution in [3.8, 4) is 0 Å². The Labute approximate surface area is 141 Å². The lowest BCUT2D eigenvalue weighted by Crippen LogP contribution is -3.00. The third-order valence-corrected chi connectivity index (χ3v) is 8.54. The standard InChI is InChI=1S/C12H24S2.2HI/c1-2-8-13(7-1)11-5-6-12-14-9-3-4-10-14;;/h1-12H2;2*1H/q+2;;/p-2. The molecule has 2 aliphatic rings. The molecule has 0 N–H and O–H groups in total. The summed E-state index contributed by atoms with van der Waals surface area (Å²) in [5.41, 5.74) is 0. The Morgan fingerprint density at radius 1 is 0.562 bits per heavy atom. The van der Waals surface area contributed by atoms with E-state index in [1.165, 1.54) is 25.7 Å². The molecule has 0 aromatic rings. The molecule has 0 bridgehead atoms. The van der Waals surface area contributed by atoms with Gasteiger partial charge < -0.3 is 48.0 Å². The van der Waals surface area contributed by atoms with Crippen LogP contribution in [0.1, 0.15) is 38.5 Å². The van der Waals surface area contributed by atoms with Crippen LogP contribution in [0.15, 0.2) is 0 Å². The predicted octanol–water partition coefficient (Wildman–Crippen LogP) is -3.40. The Balaban J connectivity index is 0.00000112. The fourth-order valence-electron chi connectivity index (χ4n) is 2.45. The molecule has 0 aromatic heterocycles. The predicted molar refractivity (Wildman–Crippen MR) is 71.6 cm³/mol. The van der Waals surface area contributed by atoms with Gasteiger partial charge in [-0.15, -0.1) is 0 Å². The molecule has 98 valence electrons. The van der Waals surface area contributed by atoms with Crippen LogP contribution in [0.5, 0.6) is 0 Å². The van der Waals surface area contributed by atoms with Crippen molar-refractivity contribution in [2.45, 2.75) is 38.5 Å². The zero-order valence-electron chi connectivity index (χ0n) is 10.1. The summed E-state index contributed by atoms with van der Waals surface area (Å²) in [7, 11) is 1.75. The Kier molecular flexibility index (Phi) is 12.5. The summed E-state index contributed by atoms with van der Waals surface area (Å²) in [4.78, 5) is 0. The smallest absolute Gasteiger partial charge is 0.108 e. The van der Waals surface area contributed by atoms with E-state index in [2.05, 4.69) is 0 Å². The number of unbranched alkanes of at least 4 members (excludes halogenated alkanes) is 1. The molecule has 2 saturated heterocycles. The van der Waals surface area contributed by atoms with Crippen molar-refractivity contribution in [1.29, 1.82) is 0 Å². The highest BCUT2D eigenvalue weighted by Crippen LogP contribution is 2.17. The molecule has 2 heterocycles. The van der Waals surface area contributed by atoms with E-state index in [0.29, 0.717) is 0 Å². The first-order valence-electron chi connectivity index (χ1n) is 6.23. The average Bonchev–Trinajstić information content (AvgIpc) is 2.86. The quantitative estimate of drug-likeness (QED) is 0.216. The first-order chi connectivity index (χ1) is 6.95. The van der Waals surface area contributed by atoms with Crippen molar-refractivity contribution in [3.63, 3.8) is 0 Å². The third kappa shape index (κ3) is 6.92. The topological polar surface area (TPSA) is 0 Å². The van der Waals surface area contributed by atoms with E-state index in [9.17, 15) is 0 Å². The van der Waals surface area contributed by atoms with E-state index in [1.54, 1.807) is 47.4 Å². The second kappa shape index (κ2) is 11.0. The van der Waals surface area contributed by atoms with Gasteiger partial charge >= 0.3 is 0 Å². The van der Waals surface area contributed by atoms with Gasteiger partial charge in [0.2, 0.25) is 0 Å². The Morgan fingerprint density at radius 3 is 1.19 bits per heavy atom. The Hall–Kier alpha value is 2.16. The summed E-state index contributed by atoms with van der Waals surface area (Å²) in [5, 5.41) is 0. The van der Waals surface area contributed by atoms with Gasteiger partial charge in [-0.3, -0.25) is 0 Å². The summed E-state index contributed by atoms with van der Waals surface area (Å²) in [6, 6.07) is 0. The molecule has 0 atom stereocenters. The van der Waals surface area contributed by atoms with E-state index in [4.69, 9.17) is 0 Å². The number of hydrogen-bond donors (Lipinski definition) is 0. The maximum Gasteiger partial charge on any atom is 0.108 e. The molecular formula is C12H24I2S2. The zero-order chi connectivity index (χ0) is 9.64. The van der Waals surface area contributed by atoms with E-state index < -0.39 is 0 Å². The minimum Gasteiger partial charge on any atom is -1.00 e. The molecule has 0 amide bonds. The van der Waals surface area contributed by atoms with Crippen LogP contribution in [0.2, 0.25) is 0 Å². The van der Waals surface area contributed by atoms with Crippen molar-refractivity contribution in [2.75, 3.05) is 34.5 Å². The van der Waals surface area contributed by atoms with E-state index >= 15 is 0 Å². The van der Waals surface area contributed by atoms with Crippen molar-refractivity contribution in [2.24, 2.45) is 0 Å². The zero-order valence-corrected chi connectivity index (χ0v) is 16.0. The minimum absolute atomic E-state index is 0. The van der Waals surface area contributed by atoms with Crippen molar-refractivity contribution < 1.29 is 48.0 Å². The Bertz CT molecular complexity index is 137. The molecule has 4 heteroatoms. The van der Waals surface area contributed by atoms with Crippen LogP contribution in [0, 0.1) is 0 Å². The van der Waals surface area contributed by atoms with E-state index in [-0.39, 0.29) is 48.0 Å². The Morgan fingerprint density at radius 2 is 0.875 bits per heavy atom. The van der Waals surface area contributed by atoms with Crippen LogP contribution >= 0.6 is 0 Å². The molecule has 0 unspecified atom stereocenters. The summed E-state index contributed by atoms with van der Waals surface area (Å²) < 4.78 is 0. The monoisotopic (exact) mass is 486 g/mol. The summed E-state index contributed by atoms with van der Waals surface area (Å²) in [5.74, 6) is 9.46. The maximum atomic E-state index is 1.58. The van der Waals surface area contributed by atoms with Gasteiger partial charge in [-0.05, 0) is 60.3 Å². The van der Waals surface area contributed by atoms with Gasteiger partial charge in [-0.2, -0.15) is 0 Å². The minimum atomic E-state index is 0. The van der Waals surface area contributed by atoms with Crippen molar-refractivity contribution in [1.82, 2.24) is 0 Å². The van der Waals surface area contributed by atoms with Gasteiger partial charge in [-0.25, -0.2) is 0 Å². The summed E-state index contributed by atoms with van der Waals surface area (Å²) in [6.45, 7) is 0. The molecule has 0 aromatic carbocycles. The fourth-order valence-corrected chi connectivity index (χ4v) is 7.35. The van der Waals surface area contributed by atoms with Crippen LogP contribution in [-0.4, -0.2) is 34.5 Å².